The molecule has 0 fully saturated rings. The molecule has 0 radical (unpaired) electrons. The molecule has 2 aromatic carbocycles. The van der Waals surface area contributed by atoms with Gasteiger partial charge in [-0.25, -0.2) is 0 Å². The first kappa shape index (κ1) is 17.5. The molecule has 24 heavy (non-hydrogen) atoms. The lowest BCUT2D eigenvalue weighted by Crippen LogP contribution is -2.32. The van der Waals surface area contributed by atoms with E-state index in [0.29, 0.717) is 23.4 Å². The number of rotatable bonds is 6. The van der Waals surface area contributed by atoms with Crippen molar-refractivity contribution in [2.24, 2.45) is 5.73 Å². The number of amides is 2. The van der Waals surface area contributed by atoms with Gasteiger partial charge in [-0.15, -0.1) is 0 Å². The van der Waals surface area contributed by atoms with Crippen molar-refractivity contribution in [3.8, 4) is 5.75 Å². The quantitative estimate of drug-likeness (QED) is 0.855. The van der Waals surface area contributed by atoms with E-state index in [9.17, 15) is 9.59 Å². The fourth-order valence-corrected chi connectivity index (χ4v) is 2.27. The Morgan fingerprint density at radius 2 is 1.79 bits per heavy atom. The molecule has 2 rings (SSSR count). The molecule has 5 heteroatoms. The van der Waals surface area contributed by atoms with Crippen molar-refractivity contribution >= 4 is 17.5 Å². The second-order valence-corrected chi connectivity index (χ2v) is 5.64. The summed E-state index contributed by atoms with van der Waals surface area (Å²) in [5.41, 5.74) is 8.32. The second-order valence-electron chi connectivity index (χ2n) is 5.64. The summed E-state index contributed by atoms with van der Waals surface area (Å²) in [5, 5.41) is 2.80. The Morgan fingerprint density at radius 1 is 1.12 bits per heavy atom. The monoisotopic (exact) mass is 326 g/mol. The van der Waals surface area contributed by atoms with Crippen LogP contribution in [-0.2, 0) is 4.79 Å². The maximum atomic E-state index is 12.4. The van der Waals surface area contributed by atoms with Gasteiger partial charge in [-0.3, -0.25) is 9.59 Å². The highest BCUT2D eigenvalue weighted by Gasteiger charge is 2.19. The zero-order chi connectivity index (χ0) is 17.7. The smallest absolute Gasteiger partial charge is 0.265 e. The van der Waals surface area contributed by atoms with Gasteiger partial charge in [0, 0.05) is 11.3 Å². The predicted molar refractivity (Wildman–Crippen MR) is 94.2 cm³/mol. The molecular formula is C19H22N2O3. The summed E-state index contributed by atoms with van der Waals surface area (Å²) in [6, 6.07) is 12.2. The average molecular weight is 326 g/mol. The van der Waals surface area contributed by atoms with E-state index in [2.05, 4.69) is 5.32 Å². The largest absolute Gasteiger partial charge is 0.480 e. The van der Waals surface area contributed by atoms with Crippen LogP contribution in [0.4, 0.5) is 5.69 Å². The van der Waals surface area contributed by atoms with Crippen LogP contribution >= 0.6 is 0 Å². The van der Waals surface area contributed by atoms with Crippen molar-refractivity contribution in [3.05, 3.63) is 59.2 Å². The zero-order valence-electron chi connectivity index (χ0n) is 14.1. The summed E-state index contributed by atoms with van der Waals surface area (Å²) in [7, 11) is 0. The molecule has 3 N–H and O–H groups in total. The van der Waals surface area contributed by atoms with E-state index in [1.165, 1.54) is 0 Å². The van der Waals surface area contributed by atoms with E-state index in [1.54, 1.807) is 24.3 Å². The molecule has 0 saturated carbocycles. The molecule has 0 aromatic heterocycles. The third-order valence-corrected chi connectivity index (χ3v) is 3.92. The first-order valence-corrected chi connectivity index (χ1v) is 7.86. The number of hydrogen-bond acceptors (Lipinski definition) is 3. The second kappa shape index (κ2) is 7.64. The van der Waals surface area contributed by atoms with Gasteiger partial charge < -0.3 is 15.8 Å². The van der Waals surface area contributed by atoms with Gasteiger partial charge in [0.05, 0.1) is 0 Å². The van der Waals surface area contributed by atoms with E-state index < -0.39 is 12.0 Å². The maximum Gasteiger partial charge on any atom is 0.265 e. The first-order valence-electron chi connectivity index (χ1n) is 7.86. The summed E-state index contributed by atoms with van der Waals surface area (Å²) in [4.78, 5) is 23.5. The number of primary amides is 1. The van der Waals surface area contributed by atoms with Gasteiger partial charge in [0.2, 0.25) is 5.91 Å². The minimum atomic E-state index is -0.596. The summed E-state index contributed by atoms with van der Waals surface area (Å²) in [6.07, 6.45) is -0.0557. The normalized spacial score (nSPS) is 11.6. The number of anilines is 1. The van der Waals surface area contributed by atoms with Gasteiger partial charge in [0.1, 0.15) is 5.75 Å². The van der Waals surface area contributed by atoms with Crippen LogP contribution in [0, 0.1) is 13.8 Å². The van der Waals surface area contributed by atoms with Crippen LogP contribution in [-0.4, -0.2) is 17.9 Å². The number of ether oxygens (including phenoxy) is 1. The summed E-state index contributed by atoms with van der Waals surface area (Å²) in [5.74, 6) is -0.0242. The summed E-state index contributed by atoms with van der Waals surface area (Å²) in [6.45, 7) is 5.87. The van der Waals surface area contributed by atoms with Crippen LogP contribution in [0.15, 0.2) is 42.5 Å². The van der Waals surface area contributed by atoms with E-state index >= 15 is 0 Å². The number of hydrogen-bond donors (Lipinski definition) is 2. The highest BCUT2D eigenvalue weighted by Crippen LogP contribution is 2.23. The first-order chi connectivity index (χ1) is 11.4. The number of carbonyl (C=O) groups excluding carboxylic acids is 2. The van der Waals surface area contributed by atoms with Crippen molar-refractivity contribution in [2.45, 2.75) is 33.3 Å². The summed E-state index contributed by atoms with van der Waals surface area (Å²) < 4.78 is 5.89. The SMILES string of the molecule is CC[C@@H](Oc1cccc(C)c1C)C(=O)Nc1ccc(C(N)=O)cc1. The van der Waals surface area contributed by atoms with Crippen LogP contribution in [0.5, 0.6) is 5.75 Å². The third kappa shape index (κ3) is 4.13. The molecule has 2 aromatic rings. The van der Waals surface area contributed by atoms with Crippen molar-refractivity contribution in [1.29, 1.82) is 0 Å². The van der Waals surface area contributed by atoms with Gasteiger partial charge in [-0.05, 0) is 61.7 Å². The third-order valence-electron chi connectivity index (χ3n) is 3.92. The van der Waals surface area contributed by atoms with Crippen LogP contribution in [0.2, 0.25) is 0 Å². The Kier molecular flexibility index (Phi) is 5.58. The molecule has 0 aliphatic rings. The number of aryl methyl sites for hydroxylation is 1. The Labute approximate surface area is 141 Å². The Morgan fingerprint density at radius 3 is 2.38 bits per heavy atom. The van der Waals surface area contributed by atoms with Gasteiger partial charge in [0.25, 0.3) is 5.91 Å². The van der Waals surface area contributed by atoms with Crippen LogP contribution < -0.4 is 15.8 Å². The molecule has 126 valence electrons. The van der Waals surface area contributed by atoms with Crippen LogP contribution in [0.3, 0.4) is 0 Å². The highest BCUT2D eigenvalue weighted by atomic mass is 16.5. The zero-order valence-corrected chi connectivity index (χ0v) is 14.1. The lowest BCUT2D eigenvalue weighted by molar-refractivity contribution is -0.122. The molecular weight excluding hydrogens is 304 g/mol. The van der Waals surface area contributed by atoms with E-state index in [-0.39, 0.29) is 5.91 Å². The Bertz CT molecular complexity index is 739. The minimum Gasteiger partial charge on any atom is -0.480 e. The lowest BCUT2D eigenvalue weighted by Gasteiger charge is -2.19. The lowest BCUT2D eigenvalue weighted by atomic mass is 10.1. The predicted octanol–water partition coefficient (Wildman–Crippen LogP) is 3.20. The van der Waals surface area contributed by atoms with Gasteiger partial charge >= 0.3 is 0 Å². The van der Waals surface area contributed by atoms with Gasteiger partial charge in [-0.1, -0.05) is 19.1 Å². The van der Waals surface area contributed by atoms with Crippen molar-refractivity contribution < 1.29 is 14.3 Å². The van der Waals surface area contributed by atoms with Crippen molar-refractivity contribution in [2.75, 3.05) is 5.32 Å². The van der Waals surface area contributed by atoms with Crippen LogP contribution in [0.25, 0.3) is 0 Å². The highest BCUT2D eigenvalue weighted by molar-refractivity contribution is 5.96. The molecule has 0 aliphatic carbocycles. The van der Waals surface area contributed by atoms with E-state index in [4.69, 9.17) is 10.5 Å². The fraction of sp³-hybridized carbons (Fsp3) is 0.263. The molecule has 0 aliphatic heterocycles. The topological polar surface area (TPSA) is 81.4 Å². The van der Waals surface area contributed by atoms with Crippen LogP contribution in [0.1, 0.15) is 34.8 Å². The number of benzene rings is 2. The fourth-order valence-electron chi connectivity index (χ4n) is 2.27. The molecule has 0 spiro atoms. The molecule has 0 heterocycles. The minimum absolute atomic E-state index is 0.231. The van der Waals surface area contributed by atoms with E-state index in [0.717, 1.165) is 11.1 Å². The van der Waals surface area contributed by atoms with Crippen molar-refractivity contribution in [1.82, 2.24) is 0 Å². The summed E-state index contributed by atoms with van der Waals surface area (Å²) >= 11 is 0. The maximum absolute atomic E-state index is 12.4. The average Bonchev–Trinajstić information content (AvgIpc) is 2.56. The molecule has 0 unspecified atom stereocenters. The number of nitrogens with one attached hydrogen (secondary N) is 1. The van der Waals surface area contributed by atoms with E-state index in [1.807, 2.05) is 39.0 Å². The molecule has 0 bridgehead atoms. The Hall–Kier alpha value is -2.82. The molecule has 5 nitrogen and oxygen atoms in total. The van der Waals surface area contributed by atoms with Gasteiger partial charge in [-0.2, -0.15) is 0 Å². The number of carbonyl (C=O) groups is 2. The Balaban J connectivity index is 2.08. The van der Waals surface area contributed by atoms with Gasteiger partial charge in [0.15, 0.2) is 6.10 Å². The standard InChI is InChI=1S/C19H22N2O3/c1-4-16(24-17-7-5-6-12(2)13(17)3)19(23)21-15-10-8-14(9-11-15)18(20)22/h5-11,16H,4H2,1-3H3,(H2,20,22)(H,21,23)/t16-/m1/s1. The van der Waals surface area contributed by atoms with Crippen molar-refractivity contribution in [3.63, 3.8) is 0 Å². The molecule has 0 saturated heterocycles. The molecule has 2 amide bonds. The molecule has 1 atom stereocenters. The number of nitrogens with two attached hydrogens (primary N) is 1.